The Morgan fingerprint density at radius 3 is 2.65 bits per heavy atom. The average Bonchev–Trinajstić information content (AvgIpc) is 3.30. The third-order valence-corrected chi connectivity index (χ3v) is 7.98. The summed E-state index contributed by atoms with van der Waals surface area (Å²) in [7, 11) is 0. The highest BCUT2D eigenvalue weighted by Crippen LogP contribution is 2.40. The zero-order valence-corrected chi connectivity index (χ0v) is 23.7. The van der Waals surface area contributed by atoms with Crippen LogP contribution >= 0.6 is 23.2 Å². The molecule has 0 aliphatic carbocycles. The van der Waals surface area contributed by atoms with Crippen LogP contribution in [0.15, 0.2) is 42.9 Å². The Morgan fingerprint density at radius 1 is 1.20 bits per heavy atom. The Balaban J connectivity index is 1.45. The highest BCUT2D eigenvalue weighted by Gasteiger charge is 2.39. The van der Waals surface area contributed by atoms with Crippen molar-refractivity contribution in [1.82, 2.24) is 19.7 Å². The summed E-state index contributed by atoms with van der Waals surface area (Å²) in [5.41, 5.74) is 2.42. The molecule has 6 rings (SSSR count). The number of anilines is 1. The summed E-state index contributed by atoms with van der Waals surface area (Å²) < 4.78 is 14.3. The first-order valence-corrected chi connectivity index (χ1v) is 14.0. The molecule has 2 saturated heterocycles. The van der Waals surface area contributed by atoms with Gasteiger partial charge in [-0.25, -0.2) is 9.67 Å². The van der Waals surface area contributed by atoms with Gasteiger partial charge in [0.05, 0.1) is 21.2 Å². The van der Waals surface area contributed by atoms with Gasteiger partial charge in [-0.1, -0.05) is 23.2 Å². The van der Waals surface area contributed by atoms with Crippen LogP contribution < -0.4 is 9.64 Å². The third kappa shape index (κ3) is 4.86. The average molecular weight is 579 g/mol. The van der Waals surface area contributed by atoms with Gasteiger partial charge in [-0.05, 0) is 57.4 Å². The van der Waals surface area contributed by atoms with Crippen molar-refractivity contribution in [3.05, 3.63) is 64.0 Å². The lowest BCUT2D eigenvalue weighted by Crippen LogP contribution is -2.60. The van der Waals surface area contributed by atoms with Gasteiger partial charge in [0, 0.05) is 54.8 Å². The summed E-state index contributed by atoms with van der Waals surface area (Å²) in [5, 5.41) is 27.2. The summed E-state index contributed by atoms with van der Waals surface area (Å²) in [4.78, 5) is 10.4. The van der Waals surface area contributed by atoms with Gasteiger partial charge in [0.15, 0.2) is 6.23 Å². The molecular formula is C29H28Cl2N6O3. The molecule has 206 valence electrons. The molecule has 1 aromatic carbocycles. The van der Waals surface area contributed by atoms with Gasteiger partial charge in [-0.3, -0.25) is 4.98 Å². The van der Waals surface area contributed by atoms with Crippen LogP contribution in [0.4, 0.5) is 5.82 Å². The lowest BCUT2D eigenvalue weighted by Gasteiger charge is -2.45. The molecular weight excluding hydrogens is 551 g/mol. The lowest BCUT2D eigenvalue weighted by atomic mass is 9.95. The molecule has 9 nitrogen and oxygen atoms in total. The van der Waals surface area contributed by atoms with E-state index >= 15 is 0 Å². The molecule has 2 aliphatic rings. The maximum atomic E-state index is 10.3. The number of rotatable bonds is 6. The van der Waals surface area contributed by atoms with E-state index in [0.717, 1.165) is 30.2 Å². The van der Waals surface area contributed by atoms with Crippen LogP contribution in [0.1, 0.15) is 56.6 Å². The van der Waals surface area contributed by atoms with Crippen molar-refractivity contribution < 1.29 is 14.6 Å². The van der Waals surface area contributed by atoms with Crippen LogP contribution in [0.25, 0.3) is 22.2 Å². The SMILES string of the molecule is C[C@@H](Oc1ccc2c(c1)c(-c1ccnc(N3CC(C)(O)C3)c1C#N)nn2C1CCCCO1)c1c(Cl)cncc1Cl. The zero-order valence-electron chi connectivity index (χ0n) is 22.1. The number of ether oxygens (including phenoxy) is 2. The molecule has 40 heavy (non-hydrogen) atoms. The molecule has 5 heterocycles. The van der Waals surface area contributed by atoms with Crippen molar-refractivity contribution in [2.45, 2.75) is 51.0 Å². The van der Waals surface area contributed by atoms with Gasteiger partial charge in [0.25, 0.3) is 0 Å². The molecule has 3 aromatic heterocycles. The van der Waals surface area contributed by atoms with Crippen LogP contribution in [0.5, 0.6) is 5.75 Å². The third-order valence-electron chi connectivity index (χ3n) is 7.38. The number of nitrogens with zero attached hydrogens (tertiary/aromatic N) is 6. The first-order valence-electron chi connectivity index (χ1n) is 13.2. The van der Waals surface area contributed by atoms with Crippen molar-refractivity contribution in [2.24, 2.45) is 0 Å². The van der Waals surface area contributed by atoms with Gasteiger partial charge in [0.1, 0.15) is 35.0 Å². The highest BCUT2D eigenvalue weighted by atomic mass is 35.5. The molecule has 2 fully saturated rings. The normalized spacial score (nSPS) is 19.2. The van der Waals surface area contributed by atoms with Crippen LogP contribution in [0, 0.1) is 11.3 Å². The minimum atomic E-state index is -0.805. The Kier molecular flexibility index (Phi) is 7.05. The van der Waals surface area contributed by atoms with E-state index in [1.165, 1.54) is 0 Å². The molecule has 0 saturated carbocycles. The molecule has 0 bridgehead atoms. The molecule has 2 atom stereocenters. The number of fused-ring (bicyclic) bond motifs is 1. The van der Waals surface area contributed by atoms with E-state index in [1.807, 2.05) is 34.7 Å². The van der Waals surface area contributed by atoms with Crippen molar-refractivity contribution in [3.63, 3.8) is 0 Å². The number of hydrogen-bond donors (Lipinski definition) is 1. The zero-order chi connectivity index (χ0) is 28.0. The Bertz CT molecular complexity index is 1600. The summed E-state index contributed by atoms with van der Waals surface area (Å²) in [6.45, 7) is 5.12. The van der Waals surface area contributed by atoms with Crippen LogP contribution in [-0.4, -0.2) is 50.2 Å². The molecule has 0 spiro atoms. The molecule has 11 heteroatoms. The molecule has 1 N–H and O–H groups in total. The second kappa shape index (κ2) is 10.5. The summed E-state index contributed by atoms with van der Waals surface area (Å²) >= 11 is 12.8. The predicted molar refractivity (Wildman–Crippen MR) is 153 cm³/mol. The Hall–Kier alpha value is -3.42. The molecule has 0 radical (unpaired) electrons. The van der Waals surface area contributed by atoms with Crippen LogP contribution in [0.2, 0.25) is 10.0 Å². The van der Waals surface area contributed by atoms with Crippen molar-refractivity contribution in [2.75, 3.05) is 24.6 Å². The summed E-state index contributed by atoms with van der Waals surface area (Å²) in [6.07, 6.45) is 7.02. The minimum Gasteiger partial charge on any atom is -0.486 e. The number of benzene rings is 1. The number of nitriles is 1. The second-order valence-electron chi connectivity index (χ2n) is 10.6. The standard InChI is InChI=1S/C29H28Cl2N6O3/c1-17(26-22(30)13-33-14-23(26)31)40-18-6-7-24-20(11-18)27(35-37(24)25-5-3-4-10-39-25)19-8-9-34-28(21(19)12-32)36-15-29(2,38)16-36/h6-9,11,13-14,17,25,38H,3-5,10,15-16H2,1-2H3/t17-,25?/m1/s1. The van der Waals surface area contributed by atoms with Crippen molar-refractivity contribution in [1.29, 1.82) is 5.26 Å². The van der Waals surface area contributed by atoms with Gasteiger partial charge >= 0.3 is 0 Å². The van der Waals surface area contributed by atoms with E-state index in [2.05, 4.69) is 16.0 Å². The lowest BCUT2D eigenvalue weighted by molar-refractivity contribution is -0.0365. The molecule has 4 aromatic rings. The summed E-state index contributed by atoms with van der Waals surface area (Å²) in [6, 6.07) is 9.92. The quantitative estimate of drug-likeness (QED) is 0.293. The van der Waals surface area contributed by atoms with E-state index < -0.39 is 11.7 Å². The second-order valence-corrected chi connectivity index (χ2v) is 11.4. The highest BCUT2D eigenvalue weighted by molar-refractivity contribution is 6.35. The van der Waals surface area contributed by atoms with Gasteiger partial charge in [-0.2, -0.15) is 10.4 Å². The predicted octanol–water partition coefficient (Wildman–Crippen LogP) is 6.08. The smallest absolute Gasteiger partial charge is 0.150 e. The molecule has 1 unspecified atom stereocenters. The number of aliphatic hydroxyl groups is 1. The number of hydrogen-bond acceptors (Lipinski definition) is 8. The van der Waals surface area contributed by atoms with E-state index in [1.54, 1.807) is 31.6 Å². The van der Waals surface area contributed by atoms with Crippen LogP contribution in [0.3, 0.4) is 0 Å². The number of pyridine rings is 2. The number of aromatic nitrogens is 4. The maximum Gasteiger partial charge on any atom is 0.150 e. The fourth-order valence-electron chi connectivity index (χ4n) is 5.53. The largest absolute Gasteiger partial charge is 0.486 e. The van der Waals surface area contributed by atoms with E-state index in [4.69, 9.17) is 37.8 Å². The topological polar surface area (TPSA) is 109 Å². The van der Waals surface area contributed by atoms with Crippen LogP contribution in [-0.2, 0) is 4.74 Å². The maximum absolute atomic E-state index is 10.3. The van der Waals surface area contributed by atoms with Gasteiger partial charge in [0.2, 0.25) is 0 Å². The summed E-state index contributed by atoms with van der Waals surface area (Å²) in [5.74, 6) is 1.13. The molecule has 0 amide bonds. The molecule has 2 aliphatic heterocycles. The fraction of sp³-hybridized carbons (Fsp3) is 0.379. The van der Waals surface area contributed by atoms with Gasteiger partial charge in [-0.15, -0.1) is 0 Å². The minimum absolute atomic E-state index is 0.206. The van der Waals surface area contributed by atoms with E-state index in [0.29, 0.717) is 63.7 Å². The van der Waals surface area contributed by atoms with Crippen molar-refractivity contribution in [3.8, 4) is 23.1 Å². The fourth-order valence-corrected chi connectivity index (χ4v) is 6.20. The number of β-amino-alcohol motifs (C(OH)–C–C–N with tert-alkyl or cyclic N) is 1. The Labute approximate surface area is 241 Å². The number of halogens is 2. The monoisotopic (exact) mass is 578 g/mol. The van der Waals surface area contributed by atoms with E-state index in [-0.39, 0.29) is 6.23 Å². The Morgan fingerprint density at radius 2 is 1.98 bits per heavy atom. The van der Waals surface area contributed by atoms with Crippen molar-refractivity contribution >= 4 is 39.9 Å². The first-order chi connectivity index (χ1) is 19.3. The van der Waals surface area contributed by atoms with Gasteiger partial charge < -0.3 is 19.5 Å². The first kappa shape index (κ1) is 26.8. The van der Waals surface area contributed by atoms with E-state index in [9.17, 15) is 10.4 Å².